The molecular weight excluding hydrogens is 330 g/mol. The molecular formula is C18H20ClNO4. The number of hydrogen-bond acceptors (Lipinski definition) is 4. The molecule has 1 aromatic rings. The van der Waals surface area contributed by atoms with Crippen molar-refractivity contribution in [1.82, 2.24) is 5.32 Å². The Morgan fingerprint density at radius 3 is 2.92 bits per heavy atom. The van der Waals surface area contributed by atoms with E-state index >= 15 is 0 Å². The number of rotatable bonds is 4. The number of allylic oxidation sites excluding steroid dienone is 1. The largest absolute Gasteiger partial charge is 0.460 e. The zero-order valence-electron chi connectivity index (χ0n) is 13.5. The summed E-state index contributed by atoms with van der Waals surface area (Å²) in [6.45, 7) is 2.66. The van der Waals surface area contributed by atoms with Gasteiger partial charge in [0.2, 0.25) is 5.91 Å². The van der Waals surface area contributed by atoms with E-state index in [0.717, 1.165) is 18.4 Å². The third-order valence-corrected chi connectivity index (χ3v) is 4.74. The summed E-state index contributed by atoms with van der Waals surface area (Å²) in [6, 6.07) is 7.26. The maximum Gasteiger partial charge on any atom is 0.336 e. The average molecular weight is 350 g/mol. The minimum absolute atomic E-state index is 0.0354. The van der Waals surface area contributed by atoms with Gasteiger partial charge in [-0.15, -0.1) is 0 Å². The van der Waals surface area contributed by atoms with Crippen molar-refractivity contribution in [2.24, 2.45) is 0 Å². The molecule has 2 atom stereocenters. The van der Waals surface area contributed by atoms with Crippen molar-refractivity contribution in [2.75, 3.05) is 13.2 Å². The maximum atomic E-state index is 12.6. The highest BCUT2D eigenvalue weighted by Crippen LogP contribution is 2.37. The monoisotopic (exact) mass is 349 g/mol. The normalized spacial score (nSPS) is 24.0. The third-order valence-electron chi connectivity index (χ3n) is 4.39. The van der Waals surface area contributed by atoms with Crippen LogP contribution in [-0.4, -0.2) is 31.2 Å². The lowest BCUT2D eigenvalue weighted by molar-refractivity contribution is -0.142. The Hall–Kier alpha value is -1.85. The van der Waals surface area contributed by atoms with E-state index in [4.69, 9.17) is 21.1 Å². The number of nitrogens with one attached hydrogen (secondary N) is 1. The highest BCUT2D eigenvalue weighted by Gasteiger charge is 2.34. The summed E-state index contributed by atoms with van der Waals surface area (Å²) in [4.78, 5) is 24.6. The third kappa shape index (κ3) is 3.62. The Kier molecular flexibility index (Phi) is 5.21. The molecule has 0 aliphatic carbocycles. The van der Waals surface area contributed by atoms with Crippen LogP contribution in [0.2, 0.25) is 5.02 Å². The number of amides is 1. The van der Waals surface area contributed by atoms with E-state index in [-0.39, 0.29) is 25.0 Å². The molecule has 6 heteroatoms. The Bertz CT molecular complexity index is 679. The standard InChI is InChI=1S/C18H20ClNO4/c1-11-17(18(22)24-10-12-5-4-8-23-12)14(9-16(21)20-11)13-6-2-3-7-15(13)19/h2-3,6-7,12,14H,4-5,8-10H2,1H3,(H,20,21)/t12-,14-/m1/s1. The molecule has 0 saturated carbocycles. The molecule has 0 radical (unpaired) electrons. The molecule has 5 nitrogen and oxygen atoms in total. The van der Waals surface area contributed by atoms with Crippen LogP contribution in [0.4, 0.5) is 0 Å². The van der Waals surface area contributed by atoms with Gasteiger partial charge in [0.15, 0.2) is 0 Å². The summed E-state index contributed by atoms with van der Waals surface area (Å²) < 4.78 is 10.9. The number of carbonyl (C=O) groups is 2. The van der Waals surface area contributed by atoms with Gasteiger partial charge >= 0.3 is 5.97 Å². The molecule has 1 aromatic carbocycles. The topological polar surface area (TPSA) is 64.6 Å². The van der Waals surface area contributed by atoms with Crippen molar-refractivity contribution >= 4 is 23.5 Å². The fourth-order valence-electron chi connectivity index (χ4n) is 3.22. The number of halogens is 1. The van der Waals surface area contributed by atoms with Gasteiger partial charge in [0, 0.05) is 29.7 Å². The smallest absolute Gasteiger partial charge is 0.336 e. The van der Waals surface area contributed by atoms with Gasteiger partial charge in [-0.3, -0.25) is 4.79 Å². The number of benzene rings is 1. The predicted molar refractivity (Wildman–Crippen MR) is 89.6 cm³/mol. The van der Waals surface area contributed by atoms with Crippen molar-refractivity contribution in [1.29, 1.82) is 0 Å². The van der Waals surface area contributed by atoms with Crippen LogP contribution in [0.5, 0.6) is 0 Å². The van der Waals surface area contributed by atoms with Gasteiger partial charge in [-0.2, -0.15) is 0 Å². The Balaban J connectivity index is 1.83. The van der Waals surface area contributed by atoms with Crippen molar-refractivity contribution < 1.29 is 19.1 Å². The molecule has 1 saturated heterocycles. The first-order valence-corrected chi connectivity index (χ1v) is 8.48. The van der Waals surface area contributed by atoms with Gasteiger partial charge < -0.3 is 14.8 Å². The van der Waals surface area contributed by atoms with Gasteiger partial charge in [-0.25, -0.2) is 4.79 Å². The molecule has 128 valence electrons. The lowest BCUT2D eigenvalue weighted by Gasteiger charge is -2.27. The quantitative estimate of drug-likeness (QED) is 0.849. The number of esters is 1. The molecule has 3 rings (SSSR count). The number of carbonyl (C=O) groups excluding carboxylic acids is 2. The molecule has 2 heterocycles. The molecule has 24 heavy (non-hydrogen) atoms. The van der Waals surface area contributed by atoms with Crippen LogP contribution in [0.25, 0.3) is 0 Å². The van der Waals surface area contributed by atoms with E-state index in [0.29, 0.717) is 22.9 Å². The Labute approximate surface area is 146 Å². The molecule has 0 spiro atoms. The second-order valence-electron chi connectivity index (χ2n) is 6.10. The van der Waals surface area contributed by atoms with Crippen LogP contribution in [0, 0.1) is 0 Å². The van der Waals surface area contributed by atoms with E-state index in [9.17, 15) is 9.59 Å². The molecule has 1 N–H and O–H groups in total. The van der Waals surface area contributed by atoms with E-state index in [1.807, 2.05) is 18.2 Å². The van der Waals surface area contributed by atoms with Crippen LogP contribution in [0.1, 0.15) is 37.7 Å². The number of ether oxygens (including phenoxy) is 2. The van der Waals surface area contributed by atoms with Crippen molar-refractivity contribution in [3.63, 3.8) is 0 Å². The van der Waals surface area contributed by atoms with Crippen molar-refractivity contribution in [3.8, 4) is 0 Å². The SMILES string of the molecule is CC1=C(C(=O)OC[C@H]2CCCO2)[C@@H](c2ccccc2Cl)CC(=O)N1. The second kappa shape index (κ2) is 7.36. The summed E-state index contributed by atoms with van der Waals surface area (Å²) in [5.74, 6) is -0.953. The summed E-state index contributed by atoms with van der Waals surface area (Å²) >= 11 is 6.28. The van der Waals surface area contributed by atoms with E-state index in [1.165, 1.54) is 0 Å². The van der Waals surface area contributed by atoms with Crippen LogP contribution in [-0.2, 0) is 19.1 Å². The van der Waals surface area contributed by atoms with Crippen molar-refractivity contribution in [3.05, 3.63) is 46.1 Å². The lowest BCUT2D eigenvalue weighted by atomic mass is 9.84. The first kappa shape index (κ1) is 17.0. The minimum atomic E-state index is -0.423. The Morgan fingerprint density at radius 1 is 1.42 bits per heavy atom. The molecule has 1 fully saturated rings. The molecule has 0 bridgehead atoms. The molecule has 2 aliphatic rings. The lowest BCUT2D eigenvalue weighted by Crippen LogP contribution is -2.34. The highest BCUT2D eigenvalue weighted by atomic mass is 35.5. The first-order valence-electron chi connectivity index (χ1n) is 8.10. The highest BCUT2D eigenvalue weighted by molar-refractivity contribution is 6.31. The Morgan fingerprint density at radius 2 is 2.21 bits per heavy atom. The summed E-state index contributed by atoms with van der Waals surface area (Å²) in [5.41, 5.74) is 1.74. The van der Waals surface area contributed by atoms with Crippen LogP contribution < -0.4 is 5.32 Å². The van der Waals surface area contributed by atoms with Crippen LogP contribution in [0.15, 0.2) is 35.5 Å². The second-order valence-corrected chi connectivity index (χ2v) is 6.51. The fourth-order valence-corrected chi connectivity index (χ4v) is 3.48. The van der Waals surface area contributed by atoms with Gasteiger partial charge in [-0.1, -0.05) is 29.8 Å². The van der Waals surface area contributed by atoms with E-state index in [1.54, 1.807) is 13.0 Å². The van der Waals surface area contributed by atoms with E-state index in [2.05, 4.69) is 5.32 Å². The zero-order chi connectivity index (χ0) is 17.1. The van der Waals surface area contributed by atoms with E-state index < -0.39 is 11.9 Å². The molecule has 0 unspecified atom stereocenters. The number of hydrogen-bond donors (Lipinski definition) is 1. The van der Waals surface area contributed by atoms with Crippen LogP contribution in [0.3, 0.4) is 0 Å². The summed E-state index contributed by atoms with van der Waals surface area (Å²) in [7, 11) is 0. The molecule has 2 aliphatic heterocycles. The maximum absolute atomic E-state index is 12.6. The van der Waals surface area contributed by atoms with Gasteiger partial charge in [0.05, 0.1) is 11.7 Å². The summed E-state index contributed by atoms with van der Waals surface area (Å²) in [6.07, 6.45) is 2.02. The van der Waals surface area contributed by atoms with Crippen LogP contribution >= 0.6 is 11.6 Å². The predicted octanol–water partition coefficient (Wildman–Crippen LogP) is 2.94. The van der Waals surface area contributed by atoms with Crippen molar-refractivity contribution in [2.45, 2.75) is 38.2 Å². The minimum Gasteiger partial charge on any atom is -0.460 e. The van der Waals surface area contributed by atoms with Gasteiger partial charge in [-0.05, 0) is 31.4 Å². The molecule has 0 aromatic heterocycles. The van der Waals surface area contributed by atoms with Gasteiger partial charge in [0.1, 0.15) is 6.61 Å². The first-order chi connectivity index (χ1) is 11.6. The molecule has 1 amide bonds. The zero-order valence-corrected chi connectivity index (χ0v) is 14.3. The fraction of sp³-hybridized carbons (Fsp3) is 0.444. The van der Waals surface area contributed by atoms with Gasteiger partial charge in [0.25, 0.3) is 0 Å². The average Bonchev–Trinajstić information content (AvgIpc) is 3.06. The summed E-state index contributed by atoms with van der Waals surface area (Å²) in [5, 5.41) is 3.26.